The molecular weight excluding hydrogens is 279 g/mol. The largest absolute Gasteiger partial charge is 0.399 e. The number of anilines is 2. The Morgan fingerprint density at radius 2 is 1.90 bits per heavy atom. The van der Waals surface area contributed by atoms with E-state index in [0.717, 1.165) is 6.07 Å². The van der Waals surface area contributed by atoms with Crippen LogP contribution in [-0.2, 0) is 0 Å². The number of nitrogens with zero attached hydrogens (tertiary/aromatic N) is 1. The minimum absolute atomic E-state index is 0.0734. The Morgan fingerprint density at radius 3 is 2.50 bits per heavy atom. The van der Waals surface area contributed by atoms with Crippen LogP contribution in [0.5, 0.6) is 0 Å². The number of hydrogen-bond donors (Lipinski definition) is 1. The highest BCUT2D eigenvalue weighted by Crippen LogP contribution is 2.36. The van der Waals surface area contributed by atoms with E-state index in [-0.39, 0.29) is 24.2 Å². The van der Waals surface area contributed by atoms with Crippen molar-refractivity contribution in [1.82, 2.24) is 0 Å². The Bertz CT molecular complexity index is 472. The standard InChI is InChI=1S/C13H15F5N2/c14-12(15)8-4-10(19)6-11(5-8)20-3-1-2-9(7-20)13(16,17)18/h4-6,9,12H,1-3,7,19H2. The van der Waals surface area contributed by atoms with Crippen molar-refractivity contribution in [2.24, 2.45) is 5.92 Å². The predicted molar refractivity (Wildman–Crippen MR) is 66.8 cm³/mol. The summed E-state index contributed by atoms with van der Waals surface area (Å²) in [4.78, 5) is 1.48. The third kappa shape index (κ3) is 3.32. The Kier molecular flexibility index (Phi) is 4.06. The fourth-order valence-corrected chi connectivity index (χ4v) is 2.45. The first-order valence-electron chi connectivity index (χ1n) is 6.27. The molecule has 2 N–H and O–H groups in total. The molecule has 1 aliphatic heterocycles. The number of halogens is 5. The van der Waals surface area contributed by atoms with Crippen molar-refractivity contribution in [1.29, 1.82) is 0 Å². The molecular formula is C13H15F5N2. The number of rotatable bonds is 2. The van der Waals surface area contributed by atoms with Gasteiger partial charge in [0.1, 0.15) is 0 Å². The second-order valence-electron chi connectivity index (χ2n) is 4.99. The molecule has 0 amide bonds. The van der Waals surface area contributed by atoms with Crippen LogP contribution in [0.4, 0.5) is 33.3 Å². The van der Waals surface area contributed by atoms with Crippen LogP contribution < -0.4 is 10.6 Å². The van der Waals surface area contributed by atoms with Crippen molar-refractivity contribution in [3.05, 3.63) is 23.8 Å². The summed E-state index contributed by atoms with van der Waals surface area (Å²) in [6, 6.07) is 3.78. The summed E-state index contributed by atoms with van der Waals surface area (Å²) < 4.78 is 63.6. The molecule has 1 aromatic rings. The lowest BCUT2D eigenvalue weighted by atomic mass is 9.96. The first-order valence-corrected chi connectivity index (χ1v) is 6.27. The van der Waals surface area contributed by atoms with E-state index in [1.165, 1.54) is 17.0 Å². The summed E-state index contributed by atoms with van der Waals surface area (Å²) >= 11 is 0. The molecule has 20 heavy (non-hydrogen) atoms. The molecule has 7 heteroatoms. The highest BCUT2D eigenvalue weighted by molar-refractivity contribution is 5.59. The van der Waals surface area contributed by atoms with Crippen molar-refractivity contribution in [3.8, 4) is 0 Å². The highest BCUT2D eigenvalue weighted by atomic mass is 19.4. The van der Waals surface area contributed by atoms with Gasteiger partial charge in [-0.25, -0.2) is 8.78 Å². The number of nitrogens with two attached hydrogens (primary N) is 1. The maximum atomic E-state index is 12.7. The van der Waals surface area contributed by atoms with Crippen LogP contribution >= 0.6 is 0 Å². The second kappa shape index (κ2) is 5.46. The third-order valence-corrected chi connectivity index (χ3v) is 3.46. The lowest BCUT2D eigenvalue weighted by molar-refractivity contribution is -0.175. The zero-order valence-corrected chi connectivity index (χ0v) is 10.6. The Labute approximate surface area is 113 Å². The molecule has 2 nitrogen and oxygen atoms in total. The smallest absolute Gasteiger partial charge is 0.393 e. The van der Waals surface area contributed by atoms with E-state index in [1.807, 2.05) is 0 Å². The quantitative estimate of drug-likeness (QED) is 0.660. The van der Waals surface area contributed by atoms with Crippen LogP contribution in [0, 0.1) is 5.92 Å². The average molecular weight is 294 g/mol. The number of alkyl halides is 5. The molecule has 2 rings (SSSR count). The van der Waals surface area contributed by atoms with Crippen LogP contribution in [0.25, 0.3) is 0 Å². The van der Waals surface area contributed by atoms with Crippen molar-refractivity contribution in [2.45, 2.75) is 25.4 Å². The lowest BCUT2D eigenvalue weighted by Gasteiger charge is -2.35. The third-order valence-electron chi connectivity index (χ3n) is 3.46. The van der Waals surface area contributed by atoms with Crippen molar-refractivity contribution < 1.29 is 22.0 Å². The lowest BCUT2D eigenvalue weighted by Crippen LogP contribution is -2.41. The van der Waals surface area contributed by atoms with Gasteiger partial charge in [0.05, 0.1) is 5.92 Å². The van der Waals surface area contributed by atoms with E-state index in [2.05, 4.69) is 0 Å². The molecule has 0 bridgehead atoms. The van der Waals surface area contributed by atoms with Gasteiger partial charge in [-0.1, -0.05) is 0 Å². The highest BCUT2D eigenvalue weighted by Gasteiger charge is 2.41. The van der Waals surface area contributed by atoms with E-state index >= 15 is 0 Å². The zero-order valence-electron chi connectivity index (χ0n) is 10.6. The zero-order chi connectivity index (χ0) is 14.9. The van der Waals surface area contributed by atoms with Crippen LogP contribution in [0.15, 0.2) is 18.2 Å². The van der Waals surface area contributed by atoms with Crippen LogP contribution in [0.1, 0.15) is 24.8 Å². The average Bonchev–Trinajstić information content (AvgIpc) is 2.37. The number of benzene rings is 1. The van der Waals surface area contributed by atoms with Gasteiger partial charge in [0, 0.05) is 30.0 Å². The molecule has 0 saturated carbocycles. The van der Waals surface area contributed by atoms with Gasteiger partial charge in [-0.3, -0.25) is 0 Å². The number of nitrogen functional groups attached to an aromatic ring is 1. The van der Waals surface area contributed by atoms with Gasteiger partial charge in [-0.2, -0.15) is 13.2 Å². The minimum atomic E-state index is -4.26. The SMILES string of the molecule is Nc1cc(C(F)F)cc(N2CCCC(C(F)(F)F)C2)c1. The van der Waals surface area contributed by atoms with Gasteiger partial charge >= 0.3 is 6.18 Å². The van der Waals surface area contributed by atoms with Gasteiger partial charge in [0.25, 0.3) is 6.43 Å². The monoisotopic (exact) mass is 294 g/mol. The molecule has 112 valence electrons. The molecule has 1 unspecified atom stereocenters. The molecule has 1 saturated heterocycles. The second-order valence-corrected chi connectivity index (χ2v) is 4.99. The predicted octanol–water partition coefficient (Wildman–Crippen LogP) is 3.99. The summed E-state index contributed by atoms with van der Waals surface area (Å²) in [6.07, 6.45) is -6.50. The molecule has 1 aliphatic rings. The van der Waals surface area contributed by atoms with Crippen LogP contribution in [0.3, 0.4) is 0 Å². The topological polar surface area (TPSA) is 29.3 Å². The Hall–Kier alpha value is -1.53. The van der Waals surface area contributed by atoms with Crippen molar-refractivity contribution in [2.75, 3.05) is 23.7 Å². The van der Waals surface area contributed by atoms with E-state index < -0.39 is 18.5 Å². The fourth-order valence-electron chi connectivity index (χ4n) is 2.45. The summed E-state index contributed by atoms with van der Waals surface area (Å²) in [5.41, 5.74) is 5.73. The van der Waals surface area contributed by atoms with Gasteiger partial charge < -0.3 is 10.6 Å². The van der Waals surface area contributed by atoms with Gasteiger partial charge in [-0.05, 0) is 31.0 Å². The van der Waals surface area contributed by atoms with Gasteiger partial charge in [-0.15, -0.1) is 0 Å². The summed E-state index contributed by atoms with van der Waals surface area (Å²) in [7, 11) is 0. The summed E-state index contributed by atoms with van der Waals surface area (Å²) in [5, 5.41) is 0. The maximum Gasteiger partial charge on any atom is 0.393 e. The maximum absolute atomic E-state index is 12.7. The molecule has 1 aromatic carbocycles. The number of hydrogen-bond acceptors (Lipinski definition) is 2. The molecule has 1 heterocycles. The van der Waals surface area contributed by atoms with E-state index in [1.54, 1.807) is 0 Å². The van der Waals surface area contributed by atoms with Crippen molar-refractivity contribution in [3.63, 3.8) is 0 Å². The van der Waals surface area contributed by atoms with Crippen molar-refractivity contribution >= 4 is 11.4 Å². The minimum Gasteiger partial charge on any atom is -0.399 e. The first-order chi connectivity index (χ1) is 9.27. The fraction of sp³-hybridized carbons (Fsp3) is 0.538. The Morgan fingerprint density at radius 1 is 1.20 bits per heavy atom. The molecule has 1 atom stereocenters. The molecule has 1 fully saturated rings. The van der Waals surface area contributed by atoms with E-state index in [4.69, 9.17) is 5.73 Å². The van der Waals surface area contributed by atoms with Gasteiger partial charge in [0.2, 0.25) is 0 Å². The van der Waals surface area contributed by atoms with Crippen LogP contribution in [-0.4, -0.2) is 19.3 Å². The molecule has 0 spiro atoms. The number of piperidine rings is 1. The normalized spacial score (nSPS) is 20.5. The van der Waals surface area contributed by atoms with E-state index in [0.29, 0.717) is 18.7 Å². The van der Waals surface area contributed by atoms with E-state index in [9.17, 15) is 22.0 Å². The summed E-state index contributed by atoms with van der Waals surface area (Å²) in [5.74, 6) is -1.42. The van der Waals surface area contributed by atoms with Gasteiger partial charge in [0.15, 0.2) is 0 Å². The molecule has 0 radical (unpaired) electrons. The van der Waals surface area contributed by atoms with Crippen LogP contribution in [0.2, 0.25) is 0 Å². The Balaban J connectivity index is 2.23. The summed E-state index contributed by atoms with van der Waals surface area (Å²) in [6.45, 7) is 0.203. The molecule has 0 aliphatic carbocycles. The first kappa shape index (κ1) is 14.9. The molecule has 0 aromatic heterocycles.